The summed E-state index contributed by atoms with van der Waals surface area (Å²) >= 11 is 0. The Bertz CT molecular complexity index is 854. The highest BCUT2D eigenvalue weighted by atomic mass is 32.2. The number of nitrogens with zero attached hydrogens (tertiary/aromatic N) is 1. The number of halogens is 2. The molecule has 0 atom stereocenters. The fourth-order valence-electron chi connectivity index (χ4n) is 1.88. The summed E-state index contributed by atoms with van der Waals surface area (Å²) in [6, 6.07) is 8.10. The number of ether oxygens (including phenoxy) is 1. The van der Waals surface area contributed by atoms with Crippen molar-refractivity contribution in [3.63, 3.8) is 0 Å². The van der Waals surface area contributed by atoms with Crippen molar-refractivity contribution in [3.8, 4) is 5.75 Å². The predicted octanol–water partition coefficient (Wildman–Crippen LogP) is 3.31. The van der Waals surface area contributed by atoms with Crippen LogP contribution >= 0.6 is 0 Å². The molecule has 0 aromatic heterocycles. The van der Waals surface area contributed by atoms with Crippen molar-refractivity contribution < 1.29 is 26.9 Å². The number of nitrogens with one attached hydrogen (secondary N) is 1. The average Bonchev–Trinajstić information content (AvgIpc) is 2.49. The fraction of sp³-hybridized carbons (Fsp3) is 0.143. The van der Waals surface area contributed by atoms with Crippen LogP contribution in [0.5, 0.6) is 5.75 Å². The van der Waals surface area contributed by atoms with E-state index in [1.54, 1.807) is 0 Å². The highest BCUT2D eigenvalue weighted by Crippen LogP contribution is 2.25. The van der Waals surface area contributed by atoms with Gasteiger partial charge in [-0.2, -0.15) is 8.78 Å². The molecule has 7 nitrogen and oxygen atoms in total. The van der Waals surface area contributed by atoms with Gasteiger partial charge in [0.15, 0.2) is 0 Å². The van der Waals surface area contributed by atoms with E-state index < -0.39 is 21.6 Å². The summed E-state index contributed by atoms with van der Waals surface area (Å²) in [5, 5.41) is 10.6. The number of rotatable bonds is 6. The van der Waals surface area contributed by atoms with Crippen molar-refractivity contribution >= 4 is 21.4 Å². The van der Waals surface area contributed by atoms with Crippen LogP contribution in [0.4, 0.5) is 20.2 Å². The van der Waals surface area contributed by atoms with Crippen LogP contribution in [0.3, 0.4) is 0 Å². The summed E-state index contributed by atoms with van der Waals surface area (Å²) in [6.07, 6.45) is 0. The normalized spacial score (nSPS) is 11.3. The summed E-state index contributed by atoms with van der Waals surface area (Å²) in [5.74, 6) is -0.0965. The number of hydrogen-bond donors (Lipinski definition) is 1. The van der Waals surface area contributed by atoms with E-state index >= 15 is 0 Å². The maximum Gasteiger partial charge on any atom is 0.387 e. The standard InChI is InChI=1S/C14H12F2N2O5S/c1-9-8-11(23-14(15)16)4-7-13(9)17-24(21,22)12-5-2-10(3-6-12)18(19)20/h2-8,14,17H,1H3. The third kappa shape index (κ3) is 4.16. The van der Waals surface area contributed by atoms with Crippen molar-refractivity contribution in [1.82, 2.24) is 0 Å². The van der Waals surface area contributed by atoms with E-state index in [1.165, 1.54) is 25.1 Å². The van der Waals surface area contributed by atoms with Crippen LogP contribution in [-0.4, -0.2) is 20.0 Å². The highest BCUT2D eigenvalue weighted by Gasteiger charge is 2.17. The van der Waals surface area contributed by atoms with E-state index in [1.807, 2.05) is 0 Å². The van der Waals surface area contributed by atoms with Crippen LogP contribution in [0.15, 0.2) is 47.4 Å². The van der Waals surface area contributed by atoms with Crippen molar-refractivity contribution in [2.45, 2.75) is 18.4 Å². The molecule has 0 saturated heterocycles. The number of non-ortho nitro benzene ring substituents is 1. The van der Waals surface area contributed by atoms with Crippen LogP contribution in [0.1, 0.15) is 5.56 Å². The summed E-state index contributed by atoms with van der Waals surface area (Å²) in [4.78, 5) is 9.77. The van der Waals surface area contributed by atoms with Crippen molar-refractivity contribution in [2.75, 3.05) is 4.72 Å². The molecule has 2 rings (SSSR count). The smallest absolute Gasteiger partial charge is 0.387 e. The minimum Gasteiger partial charge on any atom is -0.435 e. The van der Waals surface area contributed by atoms with Crippen LogP contribution < -0.4 is 9.46 Å². The average molecular weight is 358 g/mol. The van der Waals surface area contributed by atoms with E-state index in [9.17, 15) is 27.3 Å². The van der Waals surface area contributed by atoms with E-state index in [0.29, 0.717) is 5.56 Å². The van der Waals surface area contributed by atoms with Gasteiger partial charge in [0.05, 0.1) is 15.5 Å². The lowest BCUT2D eigenvalue weighted by Crippen LogP contribution is -2.14. The number of benzene rings is 2. The number of aryl methyl sites for hydroxylation is 1. The number of alkyl halides is 2. The monoisotopic (exact) mass is 358 g/mol. The molecule has 10 heteroatoms. The molecule has 0 saturated carbocycles. The quantitative estimate of drug-likeness (QED) is 0.631. The molecule has 0 spiro atoms. The highest BCUT2D eigenvalue weighted by molar-refractivity contribution is 7.92. The molecule has 0 amide bonds. The lowest BCUT2D eigenvalue weighted by Gasteiger charge is -2.12. The molecule has 1 N–H and O–H groups in total. The lowest BCUT2D eigenvalue weighted by atomic mass is 10.2. The molecule has 0 heterocycles. The van der Waals surface area contributed by atoms with Crippen LogP contribution in [-0.2, 0) is 10.0 Å². The molecule has 0 radical (unpaired) electrons. The zero-order valence-corrected chi connectivity index (χ0v) is 13.1. The predicted molar refractivity (Wildman–Crippen MR) is 81.7 cm³/mol. The van der Waals surface area contributed by atoms with Gasteiger partial charge >= 0.3 is 6.61 Å². The van der Waals surface area contributed by atoms with Gasteiger partial charge in [-0.25, -0.2) is 8.42 Å². The number of anilines is 1. The Labute approximate surface area is 136 Å². The van der Waals surface area contributed by atoms with Gasteiger partial charge in [0.25, 0.3) is 15.7 Å². The van der Waals surface area contributed by atoms with Crippen LogP contribution in [0.25, 0.3) is 0 Å². The van der Waals surface area contributed by atoms with E-state index in [4.69, 9.17) is 0 Å². The minimum atomic E-state index is -3.98. The number of nitro groups is 1. The van der Waals surface area contributed by atoms with Crippen molar-refractivity contribution in [1.29, 1.82) is 0 Å². The molecule has 128 valence electrons. The molecule has 0 fully saturated rings. The summed E-state index contributed by atoms with van der Waals surface area (Å²) < 4.78 is 55.4. The first-order valence-electron chi connectivity index (χ1n) is 6.52. The second kappa shape index (κ2) is 6.79. The van der Waals surface area contributed by atoms with Gasteiger partial charge in [-0.3, -0.25) is 14.8 Å². The second-order valence-corrected chi connectivity index (χ2v) is 6.39. The first kappa shape index (κ1) is 17.6. The fourth-order valence-corrected chi connectivity index (χ4v) is 3.01. The van der Waals surface area contributed by atoms with Crippen LogP contribution in [0, 0.1) is 17.0 Å². The molecular weight excluding hydrogens is 346 g/mol. The summed E-state index contributed by atoms with van der Waals surface area (Å²) in [6.45, 7) is -1.46. The van der Waals surface area contributed by atoms with Crippen molar-refractivity contribution in [2.24, 2.45) is 0 Å². The molecule has 0 bridgehead atoms. The maximum absolute atomic E-state index is 12.3. The number of nitro benzene ring substituents is 1. The molecule has 24 heavy (non-hydrogen) atoms. The largest absolute Gasteiger partial charge is 0.435 e. The zero-order chi connectivity index (χ0) is 17.9. The lowest BCUT2D eigenvalue weighted by molar-refractivity contribution is -0.384. The van der Waals surface area contributed by atoms with Gasteiger partial charge < -0.3 is 4.74 Å². The molecule has 0 aliphatic heterocycles. The van der Waals surface area contributed by atoms with Gasteiger partial charge in [0.1, 0.15) is 5.75 Å². The molecule has 0 aliphatic rings. The Balaban J connectivity index is 2.24. The maximum atomic E-state index is 12.3. The Morgan fingerprint density at radius 1 is 1.17 bits per heavy atom. The molecular formula is C14H12F2N2O5S. The molecule has 0 unspecified atom stereocenters. The summed E-state index contributed by atoms with van der Waals surface area (Å²) in [7, 11) is -3.98. The Morgan fingerprint density at radius 2 is 1.79 bits per heavy atom. The minimum absolute atomic E-state index is 0.0965. The Morgan fingerprint density at radius 3 is 2.29 bits per heavy atom. The SMILES string of the molecule is Cc1cc(OC(F)F)ccc1NS(=O)(=O)c1ccc([N+](=O)[O-])cc1. The molecule has 2 aromatic rings. The van der Waals surface area contributed by atoms with E-state index in [-0.39, 0.29) is 22.0 Å². The molecule has 2 aromatic carbocycles. The Kier molecular flexibility index (Phi) is 4.98. The van der Waals surface area contributed by atoms with Crippen LogP contribution in [0.2, 0.25) is 0 Å². The third-order valence-corrected chi connectivity index (χ3v) is 4.41. The molecule has 0 aliphatic carbocycles. The third-order valence-electron chi connectivity index (χ3n) is 3.03. The number of hydrogen-bond acceptors (Lipinski definition) is 5. The first-order chi connectivity index (χ1) is 11.2. The van der Waals surface area contributed by atoms with Gasteiger partial charge in [-0.05, 0) is 42.8 Å². The topological polar surface area (TPSA) is 98.5 Å². The first-order valence-corrected chi connectivity index (χ1v) is 8.00. The van der Waals surface area contributed by atoms with Gasteiger partial charge in [0.2, 0.25) is 0 Å². The van der Waals surface area contributed by atoms with Gasteiger partial charge in [-0.1, -0.05) is 0 Å². The Hall–Kier alpha value is -2.75. The van der Waals surface area contributed by atoms with Gasteiger partial charge in [-0.15, -0.1) is 0 Å². The summed E-state index contributed by atoms with van der Waals surface area (Å²) in [5.41, 5.74) is 0.312. The second-order valence-electron chi connectivity index (χ2n) is 4.71. The van der Waals surface area contributed by atoms with E-state index in [2.05, 4.69) is 9.46 Å². The van der Waals surface area contributed by atoms with E-state index in [0.717, 1.165) is 24.3 Å². The number of sulfonamides is 1. The van der Waals surface area contributed by atoms with Gasteiger partial charge in [0, 0.05) is 12.1 Å². The van der Waals surface area contributed by atoms with Crippen molar-refractivity contribution in [3.05, 3.63) is 58.1 Å². The zero-order valence-electron chi connectivity index (χ0n) is 12.3.